The normalized spacial score (nSPS) is 16.2. The van der Waals surface area contributed by atoms with Gasteiger partial charge in [0, 0.05) is 5.02 Å². The number of fused-ring (bicyclic) bond motifs is 1. The molecule has 0 unspecified atom stereocenters. The number of carbonyl (C=O) groups excluding carboxylic acids is 1. The van der Waals surface area contributed by atoms with Crippen LogP contribution in [0.4, 0.5) is 5.69 Å². The molecule has 1 atom stereocenters. The molecule has 7 nitrogen and oxygen atoms in total. The number of ether oxygens (including phenoxy) is 2. The maximum atomic E-state index is 12.4. The van der Waals surface area contributed by atoms with E-state index in [0.29, 0.717) is 16.5 Å². The van der Waals surface area contributed by atoms with Crippen LogP contribution < -0.4 is 19.1 Å². The van der Waals surface area contributed by atoms with Gasteiger partial charge in [-0.25, -0.2) is 8.42 Å². The third-order valence-electron chi connectivity index (χ3n) is 3.90. The number of nitrogens with zero attached hydrogens (tertiary/aromatic N) is 1. The van der Waals surface area contributed by atoms with Gasteiger partial charge < -0.3 is 14.8 Å². The Balaban J connectivity index is 1.63. The second kappa shape index (κ2) is 8.06. The zero-order chi connectivity index (χ0) is 19.4. The first-order chi connectivity index (χ1) is 12.8. The van der Waals surface area contributed by atoms with Gasteiger partial charge in [-0.3, -0.25) is 9.10 Å². The number of anilines is 1. The third kappa shape index (κ3) is 4.84. The van der Waals surface area contributed by atoms with Gasteiger partial charge in [-0.1, -0.05) is 29.8 Å². The van der Waals surface area contributed by atoms with Crippen LogP contribution >= 0.6 is 11.6 Å². The Labute approximate surface area is 162 Å². The molecule has 1 amide bonds. The molecule has 9 heteroatoms. The summed E-state index contributed by atoms with van der Waals surface area (Å²) in [6.07, 6.45) is 0.108. The minimum absolute atomic E-state index is 0.127. The highest BCUT2D eigenvalue weighted by Crippen LogP contribution is 2.37. The summed E-state index contributed by atoms with van der Waals surface area (Å²) in [6.45, 7) is 0.419. The summed E-state index contributed by atoms with van der Waals surface area (Å²) in [6, 6.07) is 13.9. The van der Waals surface area contributed by atoms with Gasteiger partial charge in [0.05, 0.1) is 25.0 Å². The van der Waals surface area contributed by atoms with E-state index in [-0.39, 0.29) is 25.4 Å². The first kappa shape index (κ1) is 19.3. The molecule has 0 radical (unpaired) electrons. The van der Waals surface area contributed by atoms with E-state index in [4.69, 9.17) is 21.1 Å². The van der Waals surface area contributed by atoms with Gasteiger partial charge in [0.2, 0.25) is 10.0 Å². The molecule has 0 aromatic heterocycles. The molecule has 0 saturated carbocycles. The smallest absolute Gasteiger partial charge is 0.263 e. The molecule has 1 aliphatic heterocycles. The standard InChI is InChI=1S/C18H19ClN2O5S/c1-27(23,24)21-12-17(26-16-8-7-13(19)11-15(16)21)18(22)20-9-10-25-14-5-3-2-4-6-14/h2-8,11,17H,9-10,12H2,1H3,(H,20,22)/t17-/m0/s1. The number of sulfonamides is 1. The molecule has 1 aliphatic rings. The summed E-state index contributed by atoms with van der Waals surface area (Å²) in [5.41, 5.74) is 0.321. The Morgan fingerprint density at radius 1 is 1.30 bits per heavy atom. The first-order valence-electron chi connectivity index (χ1n) is 8.24. The van der Waals surface area contributed by atoms with Crippen LogP contribution in [0.2, 0.25) is 5.02 Å². The number of para-hydroxylation sites is 1. The molecule has 0 spiro atoms. The van der Waals surface area contributed by atoms with Crippen LogP contribution in [-0.4, -0.2) is 46.4 Å². The van der Waals surface area contributed by atoms with Crippen LogP contribution in [0.15, 0.2) is 48.5 Å². The van der Waals surface area contributed by atoms with E-state index in [1.165, 1.54) is 6.07 Å². The molecule has 0 bridgehead atoms. The van der Waals surface area contributed by atoms with Gasteiger partial charge >= 0.3 is 0 Å². The quantitative estimate of drug-likeness (QED) is 0.737. The molecule has 0 aliphatic carbocycles. The van der Waals surface area contributed by atoms with Gasteiger partial charge in [-0.05, 0) is 30.3 Å². The van der Waals surface area contributed by atoms with Gasteiger partial charge in [0.15, 0.2) is 6.10 Å². The van der Waals surface area contributed by atoms with Crippen molar-refractivity contribution in [2.24, 2.45) is 0 Å². The second-order valence-electron chi connectivity index (χ2n) is 5.97. The fraction of sp³-hybridized carbons (Fsp3) is 0.278. The zero-order valence-electron chi connectivity index (χ0n) is 14.6. The maximum absolute atomic E-state index is 12.4. The van der Waals surface area contributed by atoms with Crippen molar-refractivity contribution < 1.29 is 22.7 Å². The Bertz CT molecular complexity index is 921. The molecule has 27 heavy (non-hydrogen) atoms. The summed E-state index contributed by atoms with van der Waals surface area (Å²) in [4.78, 5) is 12.4. The molecule has 3 rings (SSSR count). The minimum atomic E-state index is -3.59. The van der Waals surface area contributed by atoms with Crippen LogP contribution in [-0.2, 0) is 14.8 Å². The number of carbonyl (C=O) groups is 1. The molecule has 0 fully saturated rings. The molecule has 2 aromatic rings. The monoisotopic (exact) mass is 410 g/mol. The fourth-order valence-corrected chi connectivity index (χ4v) is 3.72. The van der Waals surface area contributed by atoms with Gasteiger partial charge in [0.1, 0.15) is 18.1 Å². The minimum Gasteiger partial charge on any atom is -0.492 e. The first-order valence-corrected chi connectivity index (χ1v) is 10.5. The van der Waals surface area contributed by atoms with Gasteiger partial charge in [-0.15, -0.1) is 0 Å². The van der Waals surface area contributed by atoms with E-state index in [1.807, 2.05) is 30.3 Å². The van der Waals surface area contributed by atoms with Crippen LogP contribution in [0.1, 0.15) is 0 Å². The van der Waals surface area contributed by atoms with Gasteiger partial charge in [-0.2, -0.15) is 0 Å². The molecule has 0 saturated heterocycles. The van der Waals surface area contributed by atoms with E-state index >= 15 is 0 Å². The van der Waals surface area contributed by atoms with Crippen molar-refractivity contribution in [3.63, 3.8) is 0 Å². The Morgan fingerprint density at radius 3 is 2.74 bits per heavy atom. The summed E-state index contributed by atoms with van der Waals surface area (Å²) in [7, 11) is -3.59. The van der Waals surface area contributed by atoms with Crippen LogP contribution in [0.5, 0.6) is 11.5 Å². The summed E-state index contributed by atoms with van der Waals surface area (Å²) in [5.74, 6) is 0.576. The predicted molar refractivity (Wildman–Crippen MR) is 103 cm³/mol. The molecule has 1 N–H and O–H groups in total. The van der Waals surface area contributed by atoms with Gasteiger partial charge in [0.25, 0.3) is 5.91 Å². The topological polar surface area (TPSA) is 84.9 Å². The zero-order valence-corrected chi connectivity index (χ0v) is 16.2. The predicted octanol–water partition coefficient (Wildman–Crippen LogP) is 2.06. The van der Waals surface area contributed by atoms with E-state index in [0.717, 1.165) is 10.6 Å². The number of rotatable bonds is 6. The Kier molecular flexibility index (Phi) is 5.76. The van der Waals surface area contributed by atoms with Crippen molar-refractivity contribution >= 4 is 33.2 Å². The Hall–Kier alpha value is -2.45. The SMILES string of the molecule is CS(=O)(=O)N1C[C@@H](C(=O)NCCOc2ccccc2)Oc2ccc(Cl)cc21. The van der Waals surface area contributed by atoms with Crippen molar-refractivity contribution in [1.29, 1.82) is 0 Å². The fourth-order valence-electron chi connectivity index (χ4n) is 2.65. The number of hydrogen-bond donors (Lipinski definition) is 1. The average Bonchev–Trinajstić information content (AvgIpc) is 2.64. The lowest BCUT2D eigenvalue weighted by Crippen LogP contribution is -2.51. The largest absolute Gasteiger partial charge is 0.492 e. The lowest BCUT2D eigenvalue weighted by molar-refractivity contribution is -0.127. The van der Waals surface area contributed by atoms with Crippen molar-refractivity contribution in [3.8, 4) is 11.5 Å². The molecular weight excluding hydrogens is 392 g/mol. The summed E-state index contributed by atoms with van der Waals surface area (Å²) in [5, 5.41) is 3.08. The van der Waals surface area contributed by atoms with E-state index < -0.39 is 22.0 Å². The number of nitrogens with one attached hydrogen (secondary N) is 1. The highest BCUT2D eigenvalue weighted by atomic mass is 35.5. The number of halogens is 1. The Morgan fingerprint density at radius 2 is 2.04 bits per heavy atom. The lowest BCUT2D eigenvalue weighted by atomic mass is 10.2. The van der Waals surface area contributed by atoms with Crippen LogP contribution in [0.25, 0.3) is 0 Å². The third-order valence-corrected chi connectivity index (χ3v) is 5.28. The molecule has 1 heterocycles. The van der Waals surface area contributed by atoms with Crippen molar-refractivity contribution in [2.75, 3.05) is 30.3 Å². The molecule has 144 valence electrons. The second-order valence-corrected chi connectivity index (χ2v) is 8.31. The van der Waals surface area contributed by atoms with Crippen molar-refractivity contribution in [3.05, 3.63) is 53.6 Å². The van der Waals surface area contributed by atoms with E-state index in [1.54, 1.807) is 12.1 Å². The highest BCUT2D eigenvalue weighted by Gasteiger charge is 2.35. The van der Waals surface area contributed by atoms with Crippen molar-refractivity contribution in [2.45, 2.75) is 6.10 Å². The van der Waals surface area contributed by atoms with Crippen LogP contribution in [0.3, 0.4) is 0 Å². The summed E-state index contributed by atoms with van der Waals surface area (Å²) < 4.78 is 36.6. The van der Waals surface area contributed by atoms with Crippen LogP contribution in [0, 0.1) is 0 Å². The number of hydrogen-bond acceptors (Lipinski definition) is 5. The van der Waals surface area contributed by atoms with E-state index in [9.17, 15) is 13.2 Å². The number of benzene rings is 2. The molecule has 2 aromatic carbocycles. The average molecular weight is 411 g/mol. The maximum Gasteiger partial charge on any atom is 0.263 e. The van der Waals surface area contributed by atoms with E-state index in [2.05, 4.69) is 5.32 Å². The highest BCUT2D eigenvalue weighted by molar-refractivity contribution is 7.92. The molecular formula is C18H19ClN2O5S. The summed E-state index contributed by atoms with van der Waals surface area (Å²) >= 11 is 5.96. The number of amides is 1. The van der Waals surface area contributed by atoms with Crippen molar-refractivity contribution in [1.82, 2.24) is 5.32 Å². The lowest BCUT2D eigenvalue weighted by Gasteiger charge is -2.34.